The number of carbonyl (C=O) groups is 2. The van der Waals surface area contributed by atoms with Gasteiger partial charge in [0.2, 0.25) is 11.8 Å². The van der Waals surface area contributed by atoms with Crippen LogP contribution in [0.1, 0.15) is 21.9 Å². The summed E-state index contributed by atoms with van der Waals surface area (Å²) < 4.78 is 46.4. The standard InChI is InChI=1S/C21H14F3N5O3S/c1-3-17-27-14(10-33-17)19(30)29(12-6-13(23)18(24)16(7-12)32-2)15-4-5-28(20(15)31)21-25-8-11(22)9-26-21/h1,6-10,15H,4-5H2,2H3. The van der Waals surface area contributed by atoms with Gasteiger partial charge in [-0.05, 0) is 12.3 Å². The zero-order chi connectivity index (χ0) is 23.7. The highest BCUT2D eigenvalue weighted by molar-refractivity contribution is 7.10. The molecular formula is C21H14F3N5O3S. The molecule has 0 bridgehead atoms. The summed E-state index contributed by atoms with van der Waals surface area (Å²) in [6.07, 6.45) is 7.25. The number of amides is 2. The Bertz CT molecular complexity index is 1280. The van der Waals surface area contributed by atoms with Gasteiger partial charge in [0.05, 0.1) is 25.2 Å². The Hall–Kier alpha value is -3.98. The maximum atomic E-state index is 14.3. The summed E-state index contributed by atoms with van der Waals surface area (Å²) in [7, 11) is 1.14. The van der Waals surface area contributed by atoms with E-state index in [1.54, 1.807) is 0 Å². The molecule has 1 unspecified atom stereocenters. The van der Waals surface area contributed by atoms with Crippen molar-refractivity contribution in [2.75, 3.05) is 23.5 Å². The van der Waals surface area contributed by atoms with E-state index < -0.39 is 41.1 Å². The molecule has 12 heteroatoms. The number of methoxy groups -OCH3 is 1. The van der Waals surface area contributed by atoms with E-state index in [-0.39, 0.29) is 35.3 Å². The molecule has 1 saturated heterocycles. The number of carbonyl (C=O) groups excluding carboxylic acids is 2. The van der Waals surface area contributed by atoms with Crippen LogP contribution in [-0.4, -0.2) is 46.5 Å². The first-order chi connectivity index (χ1) is 15.8. The highest BCUT2D eigenvalue weighted by Crippen LogP contribution is 2.33. The van der Waals surface area contributed by atoms with Gasteiger partial charge in [-0.25, -0.2) is 23.7 Å². The third-order valence-corrected chi connectivity index (χ3v) is 5.65. The largest absolute Gasteiger partial charge is 0.493 e. The number of terminal acetylenes is 1. The Morgan fingerprint density at radius 1 is 1.30 bits per heavy atom. The molecule has 4 rings (SSSR count). The van der Waals surface area contributed by atoms with Crippen molar-refractivity contribution in [1.82, 2.24) is 15.0 Å². The number of nitrogens with zero attached hydrogens (tertiary/aromatic N) is 5. The minimum absolute atomic E-state index is 0.0533. The van der Waals surface area contributed by atoms with Crippen molar-refractivity contribution in [2.45, 2.75) is 12.5 Å². The van der Waals surface area contributed by atoms with Crippen LogP contribution in [0.5, 0.6) is 5.75 Å². The van der Waals surface area contributed by atoms with Crippen molar-refractivity contribution in [2.24, 2.45) is 0 Å². The number of hydrogen-bond donors (Lipinski definition) is 0. The van der Waals surface area contributed by atoms with Crippen LogP contribution in [0.15, 0.2) is 29.9 Å². The molecule has 0 N–H and O–H groups in total. The molecular weight excluding hydrogens is 459 g/mol. The topological polar surface area (TPSA) is 88.5 Å². The molecule has 8 nitrogen and oxygen atoms in total. The van der Waals surface area contributed by atoms with Crippen LogP contribution in [0, 0.1) is 29.8 Å². The van der Waals surface area contributed by atoms with E-state index in [0.717, 1.165) is 47.9 Å². The molecule has 0 saturated carbocycles. The number of aromatic nitrogens is 3. The molecule has 3 heterocycles. The molecule has 3 aromatic rings. The Morgan fingerprint density at radius 3 is 2.67 bits per heavy atom. The van der Waals surface area contributed by atoms with Crippen LogP contribution >= 0.6 is 11.3 Å². The fourth-order valence-corrected chi connectivity index (χ4v) is 3.98. The van der Waals surface area contributed by atoms with E-state index in [4.69, 9.17) is 11.2 Å². The molecule has 1 aliphatic rings. The van der Waals surface area contributed by atoms with Crippen molar-refractivity contribution in [3.05, 3.63) is 58.1 Å². The Balaban J connectivity index is 1.77. The lowest BCUT2D eigenvalue weighted by atomic mass is 10.1. The first-order valence-corrected chi connectivity index (χ1v) is 10.3. The number of benzene rings is 1. The highest BCUT2D eigenvalue weighted by atomic mass is 32.1. The smallest absolute Gasteiger partial charge is 0.278 e. The molecule has 1 aliphatic heterocycles. The molecule has 2 amide bonds. The zero-order valence-corrected chi connectivity index (χ0v) is 17.8. The molecule has 0 spiro atoms. The number of anilines is 2. The van der Waals surface area contributed by atoms with Gasteiger partial charge in [-0.1, -0.05) is 0 Å². The van der Waals surface area contributed by atoms with E-state index in [1.807, 2.05) is 0 Å². The second-order valence-corrected chi connectivity index (χ2v) is 7.65. The maximum Gasteiger partial charge on any atom is 0.278 e. The fourth-order valence-electron chi connectivity index (χ4n) is 3.39. The van der Waals surface area contributed by atoms with Crippen LogP contribution in [-0.2, 0) is 4.79 Å². The number of rotatable bonds is 5. The molecule has 2 aromatic heterocycles. The first kappa shape index (κ1) is 22.2. The number of hydrogen-bond acceptors (Lipinski definition) is 7. The number of ether oxygens (including phenoxy) is 1. The molecule has 0 aliphatic carbocycles. The van der Waals surface area contributed by atoms with Crippen LogP contribution in [0.3, 0.4) is 0 Å². The minimum Gasteiger partial charge on any atom is -0.493 e. The van der Waals surface area contributed by atoms with E-state index in [2.05, 4.69) is 20.9 Å². The number of thiazole rings is 1. The van der Waals surface area contributed by atoms with Crippen molar-refractivity contribution >= 4 is 34.8 Å². The zero-order valence-electron chi connectivity index (χ0n) is 17.0. The van der Waals surface area contributed by atoms with E-state index >= 15 is 0 Å². The van der Waals surface area contributed by atoms with Gasteiger partial charge in [-0.3, -0.25) is 19.4 Å². The van der Waals surface area contributed by atoms with Crippen LogP contribution in [0.2, 0.25) is 0 Å². The predicted octanol–water partition coefficient (Wildman–Crippen LogP) is 2.79. The van der Waals surface area contributed by atoms with E-state index in [1.165, 1.54) is 10.3 Å². The van der Waals surface area contributed by atoms with Gasteiger partial charge in [0.15, 0.2) is 22.4 Å². The average molecular weight is 473 g/mol. The van der Waals surface area contributed by atoms with Gasteiger partial charge in [-0.2, -0.15) is 4.39 Å². The van der Waals surface area contributed by atoms with Gasteiger partial charge in [-0.15, -0.1) is 17.8 Å². The molecule has 1 atom stereocenters. The Labute approximate surface area is 189 Å². The van der Waals surface area contributed by atoms with Gasteiger partial charge in [0.25, 0.3) is 11.8 Å². The summed E-state index contributed by atoms with van der Waals surface area (Å²) in [5.74, 6) is -2.72. The van der Waals surface area contributed by atoms with Crippen LogP contribution in [0.4, 0.5) is 24.8 Å². The average Bonchev–Trinajstić information content (AvgIpc) is 3.44. The summed E-state index contributed by atoms with van der Waals surface area (Å²) >= 11 is 1.04. The van der Waals surface area contributed by atoms with Gasteiger partial charge < -0.3 is 4.74 Å². The van der Waals surface area contributed by atoms with Gasteiger partial charge in [0, 0.05) is 24.1 Å². The summed E-state index contributed by atoms with van der Waals surface area (Å²) in [6.45, 7) is 0.104. The summed E-state index contributed by atoms with van der Waals surface area (Å²) in [4.78, 5) is 40.4. The SMILES string of the molecule is C#Cc1nc(C(=O)N(c2cc(F)c(F)c(OC)c2)C2CCN(c3ncc(F)cn3)C2=O)cs1. The number of halogens is 3. The lowest BCUT2D eigenvalue weighted by Crippen LogP contribution is -2.46. The quantitative estimate of drug-likeness (QED) is 0.530. The normalized spacial score (nSPS) is 15.4. The lowest BCUT2D eigenvalue weighted by molar-refractivity contribution is -0.118. The van der Waals surface area contributed by atoms with Crippen molar-refractivity contribution in [3.63, 3.8) is 0 Å². The molecule has 0 radical (unpaired) electrons. The summed E-state index contributed by atoms with van der Waals surface area (Å²) in [6, 6.07) is 0.764. The third kappa shape index (κ3) is 4.10. The monoisotopic (exact) mass is 473 g/mol. The van der Waals surface area contributed by atoms with E-state index in [0.29, 0.717) is 0 Å². The summed E-state index contributed by atoms with van der Waals surface area (Å²) in [5.41, 5.74) is -0.188. The molecule has 1 fully saturated rings. The van der Waals surface area contributed by atoms with Crippen LogP contribution in [0.25, 0.3) is 0 Å². The lowest BCUT2D eigenvalue weighted by Gasteiger charge is -2.28. The summed E-state index contributed by atoms with van der Waals surface area (Å²) in [5, 5.41) is 1.64. The maximum absolute atomic E-state index is 14.3. The molecule has 168 valence electrons. The fraction of sp³-hybridized carbons (Fsp3) is 0.190. The highest BCUT2D eigenvalue weighted by Gasteiger charge is 2.42. The first-order valence-electron chi connectivity index (χ1n) is 9.41. The van der Waals surface area contributed by atoms with Crippen molar-refractivity contribution in [3.8, 4) is 18.1 Å². The second kappa shape index (κ2) is 8.87. The Morgan fingerprint density at radius 2 is 2.03 bits per heavy atom. The van der Waals surface area contributed by atoms with Gasteiger partial charge in [0.1, 0.15) is 11.7 Å². The van der Waals surface area contributed by atoms with Crippen molar-refractivity contribution in [1.29, 1.82) is 0 Å². The second-order valence-electron chi connectivity index (χ2n) is 6.80. The third-order valence-electron chi connectivity index (χ3n) is 4.88. The van der Waals surface area contributed by atoms with Gasteiger partial charge >= 0.3 is 0 Å². The van der Waals surface area contributed by atoms with E-state index in [9.17, 15) is 22.8 Å². The minimum atomic E-state index is -1.27. The predicted molar refractivity (Wildman–Crippen MR) is 113 cm³/mol. The Kier molecular flexibility index (Phi) is 5.97. The van der Waals surface area contributed by atoms with Crippen LogP contribution < -0.4 is 14.5 Å². The molecule has 33 heavy (non-hydrogen) atoms. The molecule has 1 aromatic carbocycles. The van der Waals surface area contributed by atoms with Crippen molar-refractivity contribution < 1.29 is 27.5 Å².